The zero-order valence-corrected chi connectivity index (χ0v) is 7.95. The van der Waals surface area contributed by atoms with Gasteiger partial charge >= 0.3 is 0 Å². The molecule has 0 aliphatic heterocycles. The Morgan fingerprint density at radius 1 is 1.36 bits per heavy atom. The number of pyridine rings is 1. The molecule has 1 aromatic carbocycles. The van der Waals surface area contributed by atoms with E-state index in [0.717, 1.165) is 5.39 Å². The summed E-state index contributed by atoms with van der Waals surface area (Å²) >= 11 is 5.79. The number of halogens is 1. The highest BCUT2D eigenvalue weighted by Gasteiger charge is 2.09. The number of nitrogens with zero attached hydrogens (tertiary/aromatic N) is 1. The summed E-state index contributed by atoms with van der Waals surface area (Å²) in [5.41, 5.74) is 7.11. The minimum absolute atomic E-state index is 0.149. The maximum absolute atomic E-state index is 10.7. The maximum Gasteiger partial charge on any atom is 0.155 e. The lowest BCUT2D eigenvalue weighted by molar-refractivity contribution is 0.112. The van der Waals surface area contributed by atoms with Crippen molar-refractivity contribution < 1.29 is 4.79 Å². The molecule has 0 amide bonds. The highest BCUT2D eigenvalue weighted by molar-refractivity contribution is 6.33. The van der Waals surface area contributed by atoms with Crippen molar-refractivity contribution in [1.82, 2.24) is 4.98 Å². The number of carbonyl (C=O) groups excluding carboxylic acids is 1. The number of fused-ring (bicyclic) bond motifs is 1. The summed E-state index contributed by atoms with van der Waals surface area (Å²) in [6.07, 6.45) is 0.622. The van der Waals surface area contributed by atoms with Crippen LogP contribution in [0.3, 0.4) is 0 Å². The summed E-state index contributed by atoms with van der Waals surface area (Å²) in [6, 6.07) is 7.28. The number of hydrogen-bond donors (Lipinski definition) is 1. The van der Waals surface area contributed by atoms with Gasteiger partial charge in [-0.2, -0.15) is 0 Å². The van der Waals surface area contributed by atoms with Crippen LogP contribution in [-0.2, 0) is 0 Å². The first-order valence-corrected chi connectivity index (χ1v) is 4.40. The molecule has 0 aliphatic rings. The zero-order valence-electron chi connectivity index (χ0n) is 7.20. The first-order valence-electron chi connectivity index (χ1n) is 4.03. The van der Waals surface area contributed by atoms with Gasteiger partial charge in [-0.1, -0.05) is 29.8 Å². The third-order valence-corrected chi connectivity index (χ3v) is 2.33. The van der Waals surface area contributed by atoms with Crippen molar-refractivity contribution in [3.63, 3.8) is 0 Å². The Kier molecular flexibility index (Phi) is 2.09. The standard InChI is InChI=1S/C10H7ClN2O/c11-10-7(5-14)9(12)6-3-1-2-4-8(6)13-10/h1-5H,(H2,12,13). The SMILES string of the molecule is Nc1c(C=O)c(Cl)nc2ccccc12. The Bertz CT molecular complexity index is 511. The van der Waals surface area contributed by atoms with Crippen molar-refractivity contribution in [2.75, 3.05) is 5.73 Å². The molecule has 0 fully saturated rings. The van der Waals surface area contributed by atoms with Gasteiger partial charge in [0.15, 0.2) is 6.29 Å². The van der Waals surface area contributed by atoms with Gasteiger partial charge in [0, 0.05) is 5.39 Å². The molecule has 0 bridgehead atoms. The molecule has 0 atom stereocenters. The van der Waals surface area contributed by atoms with Gasteiger partial charge < -0.3 is 5.73 Å². The van der Waals surface area contributed by atoms with Crippen LogP contribution >= 0.6 is 11.6 Å². The van der Waals surface area contributed by atoms with Gasteiger partial charge in [0.25, 0.3) is 0 Å². The van der Waals surface area contributed by atoms with Gasteiger partial charge in [-0.15, -0.1) is 0 Å². The molecule has 0 saturated heterocycles. The zero-order chi connectivity index (χ0) is 10.1. The van der Waals surface area contributed by atoms with Gasteiger partial charge in [0.1, 0.15) is 5.15 Å². The first kappa shape index (κ1) is 8.97. The van der Waals surface area contributed by atoms with Crippen molar-refractivity contribution >= 4 is 34.5 Å². The number of rotatable bonds is 1. The molecule has 1 heterocycles. The normalized spacial score (nSPS) is 10.4. The Balaban J connectivity index is 2.92. The van der Waals surface area contributed by atoms with Gasteiger partial charge in [0.05, 0.1) is 16.8 Å². The second-order valence-corrected chi connectivity index (χ2v) is 3.22. The van der Waals surface area contributed by atoms with E-state index in [4.69, 9.17) is 17.3 Å². The van der Waals surface area contributed by atoms with Gasteiger partial charge in [0.2, 0.25) is 0 Å². The van der Waals surface area contributed by atoms with Gasteiger partial charge in [-0.3, -0.25) is 4.79 Å². The summed E-state index contributed by atoms with van der Waals surface area (Å²) in [6.45, 7) is 0. The third kappa shape index (κ3) is 1.22. The minimum atomic E-state index is 0.149. The minimum Gasteiger partial charge on any atom is -0.398 e. The monoisotopic (exact) mass is 206 g/mol. The Hall–Kier alpha value is -1.61. The summed E-state index contributed by atoms with van der Waals surface area (Å²) in [5.74, 6) is 0. The number of para-hydroxylation sites is 1. The number of aldehydes is 1. The largest absolute Gasteiger partial charge is 0.398 e. The Morgan fingerprint density at radius 2 is 2.07 bits per heavy atom. The van der Waals surface area contributed by atoms with E-state index in [0.29, 0.717) is 17.5 Å². The van der Waals surface area contributed by atoms with Crippen LogP contribution in [0.2, 0.25) is 5.15 Å². The second-order valence-electron chi connectivity index (χ2n) is 2.86. The predicted octanol–water partition coefficient (Wildman–Crippen LogP) is 2.28. The molecule has 3 nitrogen and oxygen atoms in total. The van der Waals surface area contributed by atoms with Crippen LogP contribution < -0.4 is 5.73 Å². The molecule has 70 valence electrons. The van der Waals surface area contributed by atoms with Crippen LogP contribution in [-0.4, -0.2) is 11.3 Å². The van der Waals surface area contributed by atoms with E-state index in [1.165, 1.54) is 0 Å². The summed E-state index contributed by atoms with van der Waals surface area (Å²) in [5, 5.41) is 0.898. The fourth-order valence-corrected chi connectivity index (χ4v) is 1.57. The van der Waals surface area contributed by atoms with Crippen LogP contribution in [0, 0.1) is 0 Å². The Labute approximate surface area is 85.5 Å². The smallest absolute Gasteiger partial charge is 0.155 e. The van der Waals surface area contributed by atoms with Crippen LogP contribution in [0.25, 0.3) is 10.9 Å². The maximum atomic E-state index is 10.7. The van der Waals surface area contributed by atoms with Crippen molar-refractivity contribution in [2.45, 2.75) is 0 Å². The molecule has 2 rings (SSSR count). The summed E-state index contributed by atoms with van der Waals surface area (Å²) < 4.78 is 0. The quantitative estimate of drug-likeness (QED) is 0.575. The molecule has 0 saturated carbocycles. The number of nitrogens with two attached hydrogens (primary N) is 1. The lowest BCUT2D eigenvalue weighted by Gasteiger charge is -2.05. The van der Waals surface area contributed by atoms with Crippen molar-refractivity contribution in [3.8, 4) is 0 Å². The van der Waals surface area contributed by atoms with Crippen LogP contribution in [0.1, 0.15) is 10.4 Å². The highest BCUT2D eigenvalue weighted by Crippen LogP contribution is 2.26. The van der Waals surface area contributed by atoms with E-state index in [1.807, 2.05) is 12.1 Å². The molecule has 0 spiro atoms. The molecule has 0 radical (unpaired) electrons. The van der Waals surface area contributed by atoms with E-state index in [1.54, 1.807) is 12.1 Å². The second kappa shape index (κ2) is 3.27. The molecule has 1 aromatic heterocycles. The highest BCUT2D eigenvalue weighted by atomic mass is 35.5. The van der Waals surface area contributed by atoms with E-state index in [9.17, 15) is 4.79 Å². The fraction of sp³-hybridized carbons (Fsp3) is 0. The number of nitrogen functional groups attached to an aromatic ring is 1. The first-order chi connectivity index (χ1) is 6.74. The molecule has 2 N–H and O–H groups in total. The van der Waals surface area contributed by atoms with Crippen LogP contribution in [0.4, 0.5) is 5.69 Å². The molecule has 0 aliphatic carbocycles. The Morgan fingerprint density at radius 3 is 2.79 bits per heavy atom. The van der Waals surface area contributed by atoms with Crippen molar-refractivity contribution in [1.29, 1.82) is 0 Å². The van der Waals surface area contributed by atoms with Gasteiger partial charge in [-0.05, 0) is 6.07 Å². The molecule has 0 unspecified atom stereocenters. The molecule has 4 heteroatoms. The average Bonchev–Trinajstić information content (AvgIpc) is 2.18. The molecule has 2 aromatic rings. The third-order valence-electron chi connectivity index (χ3n) is 2.04. The van der Waals surface area contributed by atoms with E-state index < -0.39 is 0 Å². The number of carbonyl (C=O) groups is 1. The molecular weight excluding hydrogens is 200 g/mol. The topological polar surface area (TPSA) is 56.0 Å². The lowest BCUT2D eigenvalue weighted by Crippen LogP contribution is -1.97. The summed E-state index contributed by atoms with van der Waals surface area (Å²) in [7, 11) is 0. The molecular formula is C10H7ClN2O. The van der Waals surface area contributed by atoms with E-state index in [2.05, 4.69) is 4.98 Å². The van der Waals surface area contributed by atoms with Crippen LogP contribution in [0.5, 0.6) is 0 Å². The number of anilines is 1. The van der Waals surface area contributed by atoms with Crippen molar-refractivity contribution in [2.24, 2.45) is 0 Å². The molecule has 14 heavy (non-hydrogen) atoms. The number of aromatic nitrogens is 1. The summed E-state index contributed by atoms with van der Waals surface area (Å²) in [4.78, 5) is 14.7. The van der Waals surface area contributed by atoms with Gasteiger partial charge in [-0.25, -0.2) is 4.98 Å². The fourth-order valence-electron chi connectivity index (χ4n) is 1.33. The van der Waals surface area contributed by atoms with E-state index in [-0.39, 0.29) is 10.7 Å². The van der Waals surface area contributed by atoms with E-state index >= 15 is 0 Å². The lowest BCUT2D eigenvalue weighted by atomic mass is 10.1. The number of benzene rings is 1. The van der Waals surface area contributed by atoms with Crippen molar-refractivity contribution in [3.05, 3.63) is 35.0 Å². The predicted molar refractivity (Wildman–Crippen MR) is 56.6 cm³/mol. The number of hydrogen-bond acceptors (Lipinski definition) is 3. The average molecular weight is 207 g/mol. The van der Waals surface area contributed by atoms with Crippen LogP contribution in [0.15, 0.2) is 24.3 Å².